The summed E-state index contributed by atoms with van der Waals surface area (Å²) in [6.07, 6.45) is 0.810. The number of carbonyl (C=O) groups excluding carboxylic acids is 1. The number of thioether (sulfide) groups is 1. The van der Waals surface area contributed by atoms with E-state index in [1.165, 1.54) is 23.1 Å². The van der Waals surface area contributed by atoms with Crippen molar-refractivity contribution in [3.8, 4) is 16.5 Å². The van der Waals surface area contributed by atoms with Gasteiger partial charge in [-0.1, -0.05) is 36.4 Å². The van der Waals surface area contributed by atoms with Gasteiger partial charge in [-0.25, -0.2) is 0 Å². The summed E-state index contributed by atoms with van der Waals surface area (Å²) >= 11 is 8.73. The minimum atomic E-state index is -0.0617. The zero-order valence-corrected chi connectivity index (χ0v) is 18.9. The van der Waals surface area contributed by atoms with E-state index in [9.17, 15) is 4.79 Å². The van der Waals surface area contributed by atoms with Gasteiger partial charge in [0.05, 0.1) is 22.9 Å². The van der Waals surface area contributed by atoms with Crippen molar-refractivity contribution < 1.29 is 9.21 Å². The van der Waals surface area contributed by atoms with Gasteiger partial charge in [0.1, 0.15) is 0 Å². The number of benzene rings is 1. The highest BCUT2D eigenvalue weighted by molar-refractivity contribution is 7.99. The molecular formula is C19H18ClN7O2S2. The standard InChI is InChI=1S/C19H18ClN7O2S2/c1-2-9-26(11-16-21-22-18(29-16)15-4-3-10-30-15)17(28)12-31-19-23-24-25-27(19)14-7-5-13(20)6-8-14/h3-8,10H,2,9,11-12H2,1H3. The molecule has 0 saturated carbocycles. The van der Waals surface area contributed by atoms with Gasteiger partial charge in [0.15, 0.2) is 0 Å². The van der Waals surface area contributed by atoms with E-state index >= 15 is 0 Å². The summed E-state index contributed by atoms with van der Waals surface area (Å²) in [7, 11) is 0. The van der Waals surface area contributed by atoms with Crippen molar-refractivity contribution in [2.75, 3.05) is 12.3 Å². The Labute approximate surface area is 191 Å². The third-order valence-corrected chi connectivity index (χ3v) is 6.22. The second-order valence-corrected chi connectivity index (χ2v) is 8.76. The van der Waals surface area contributed by atoms with Crippen LogP contribution in [-0.2, 0) is 11.3 Å². The highest BCUT2D eigenvalue weighted by Crippen LogP contribution is 2.24. The smallest absolute Gasteiger partial charge is 0.257 e. The van der Waals surface area contributed by atoms with Gasteiger partial charge in [-0.2, -0.15) is 4.68 Å². The lowest BCUT2D eigenvalue weighted by molar-refractivity contribution is -0.129. The normalized spacial score (nSPS) is 11.0. The van der Waals surface area contributed by atoms with Crippen LogP contribution in [0.3, 0.4) is 0 Å². The van der Waals surface area contributed by atoms with Gasteiger partial charge in [-0.3, -0.25) is 4.79 Å². The number of halogens is 1. The van der Waals surface area contributed by atoms with Crippen molar-refractivity contribution in [1.29, 1.82) is 0 Å². The number of aromatic nitrogens is 6. The van der Waals surface area contributed by atoms with E-state index < -0.39 is 0 Å². The van der Waals surface area contributed by atoms with E-state index in [2.05, 4.69) is 25.7 Å². The van der Waals surface area contributed by atoms with Crippen molar-refractivity contribution in [3.63, 3.8) is 0 Å². The Bertz CT molecular complexity index is 1130. The first-order valence-corrected chi connectivity index (χ1v) is 11.7. The molecule has 4 aromatic rings. The van der Waals surface area contributed by atoms with Crippen LogP contribution in [0.25, 0.3) is 16.5 Å². The third-order valence-electron chi connectivity index (χ3n) is 4.21. The summed E-state index contributed by atoms with van der Waals surface area (Å²) in [4.78, 5) is 15.5. The van der Waals surface area contributed by atoms with Gasteiger partial charge in [-0.05, 0) is 52.6 Å². The average Bonchev–Trinajstić information content (AvgIpc) is 3.53. The molecular weight excluding hydrogens is 458 g/mol. The van der Waals surface area contributed by atoms with Gasteiger partial charge in [0, 0.05) is 11.6 Å². The van der Waals surface area contributed by atoms with E-state index in [0.717, 1.165) is 17.0 Å². The van der Waals surface area contributed by atoms with Crippen molar-refractivity contribution in [1.82, 2.24) is 35.3 Å². The minimum Gasteiger partial charge on any atom is -0.418 e. The van der Waals surface area contributed by atoms with E-state index in [0.29, 0.717) is 28.5 Å². The molecule has 3 heterocycles. The zero-order valence-electron chi connectivity index (χ0n) is 16.5. The van der Waals surface area contributed by atoms with Crippen LogP contribution in [0.5, 0.6) is 0 Å². The summed E-state index contributed by atoms with van der Waals surface area (Å²) in [5.74, 6) is 0.986. The van der Waals surface area contributed by atoms with Gasteiger partial charge < -0.3 is 9.32 Å². The maximum absolute atomic E-state index is 12.9. The fraction of sp³-hybridized carbons (Fsp3) is 0.263. The van der Waals surface area contributed by atoms with Crippen molar-refractivity contribution >= 4 is 40.6 Å². The molecule has 0 aliphatic heterocycles. The molecule has 0 atom stereocenters. The minimum absolute atomic E-state index is 0.0617. The molecule has 0 saturated heterocycles. The first kappa shape index (κ1) is 21.5. The van der Waals surface area contributed by atoms with Crippen LogP contribution >= 0.6 is 34.7 Å². The van der Waals surface area contributed by atoms with Gasteiger partial charge >= 0.3 is 0 Å². The Kier molecular flexibility index (Phi) is 6.95. The zero-order chi connectivity index (χ0) is 21.6. The molecule has 0 aliphatic carbocycles. The molecule has 9 nitrogen and oxygen atoms in total. The van der Waals surface area contributed by atoms with Crippen LogP contribution in [0.2, 0.25) is 5.02 Å². The predicted octanol–water partition coefficient (Wildman–Crippen LogP) is 3.96. The SMILES string of the molecule is CCCN(Cc1nnc(-c2cccs2)o1)C(=O)CSc1nnnn1-c1ccc(Cl)cc1. The molecule has 1 amide bonds. The van der Waals surface area contributed by atoms with Gasteiger partial charge in [0.25, 0.3) is 5.89 Å². The molecule has 0 N–H and O–H groups in total. The summed E-state index contributed by atoms with van der Waals surface area (Å²) in [6, 6.07) is 11.0. The maximum Gasteiger partial charge on any atom is 0.257 e. The van der Waals surface area contributed by atoms with E-state index in [1.54, 1.807) is 21.7 Å². The molecule has 0 unspecified atom stereocenters. The molecule has 1 aromatic carbocycles. The maximum atomic E-state index is 12.9. The lowest BCUT2D eigenvalue weighted by Gasteiger charge is -2.19. The topological polar surface area (TPSA) is 103 Å². The fourth-order valence-electron chi connectivity index (χ4n) is 2.77. The van der Waals surface area contributed by atoms with E-state index in [-0.39, 0.29) is 18.2 Å². The highest BCUT2D eigenvalue weighted by Gasteiger charge is 2.19. The first-order valence-electron chi connectivity index (χ1n) is 9.45. The molecule has 160 valence electrons. The van der Waals surface area contributed by atoms with Crippen LogP contribution in [0, 0.1) is 0 Å². The largest absolute Gasteiger partial charge is 0.418 e. The number of hydrogen-bond acceptors (Lipinski definition) is 9. The number of hydrogen-bond donors (Lipinski definition) is 0. The van der Waals surface area contributed by atoms with Gasteiger partial charge in [0.2, 0.25) is 17.0 Å². The molecule has 0 spiro atoms. The molecule has 0 bridgehead atoms. The molecule has 12 heteroatoms. The van der Waals surface area contributed by atoms with Crippen LogP contribution in [-0.4, -0.2) is 53.5 Å². The Hall–Kier alpha value is -2.76. The average molecular weight is 476 g/mol. The number of rotatable bonds is 9. The molecule has 0 aliphatic rings. The summed E-state index contributed by atoms with van der Waals surface area (Å²) in [5.41, 5.74) is 0.765. The fourth-order valence-corrected chi connectivity index (χ4v) is 4.34. The van der Waals surface area contributed by atoms with Crippen molar-refractivity contribution in [2.45, 2.75) is 25.0 Å². The van der Waals surface area contributed by atoms with Crippen LogP contribution in [0.1, 0.15) is 19.2 Å². The Morgan fingerprint density at radius 1 is 1.23 bits per heavy atom. The van der Waals surface area contributed by atoms with Crippen molar-refractivity contribution in [2.24, 2.45) is 0 Å². The summed E-state index contributed by atoms with van der Waals surface area (Å²) in [6.45, 7) is 2.85. The van der Waals surface area contributed by atoms with E-state index in [4.69, 9.17) is 16.0 Å². The highest BCUT2D eigenvalue weighted by atomic mass is 35.5. The first-order chi connectivity index (χ1) is 15.1. The van der Waals surface area contributed by atoms with E-state index in [1.807, 2.05) is 36.6 Å². The quantitative estimate of drug-likeness (QED) is 0.335. The van der Waals surface area contributed by atoms with Crippen LogP contribution < -0.4 is 0 Å². The second-order valence-electron chi connectivity index (χ2n) is 6.43. The summed E-state index contributed by atoms with van der Waals surface area (Å²) in [5, 5.41) is 23.0. The molecule has 31 heavy (non-hydrogen) atoms. The lowest BCUT2D eigenvalue weighted by atomic mass is 10.3. The lowest BCUT2D eigenvalue weighted by Crippen LogP contribution is -2.32. The third kappa shape index (κ3) is 5.30. The number of nitrogens with zero attached hydrogens (tertiary/aromatic N) is 7. The van der Waals surface area contributed by atoms with Crippen LogP contribution in [0.4, 0.5) is 0 Å². The Morgan fingerprint density at radius 2 is 2.06 bits per heavy atom. The summed E-state index contributed by atoms with van der Waals surface area (Å²) < 4.78 is 7.31. The molecule has 4 rings (SSSR count). The van der Waals surface area contributed by atoms with Gasteiger partial charge in [-0.15, -0.1) is 26.6 Å². The number of tetrazole rings is 1. The number of carbonyl (C=O) groups is 1. The second kappa shape index (κ2) is 10.0. The molecule has 0 radical (unpaired) electrons. The Morgan fingerprint density at radius 3 is 2.81 bits per heavy atom. The Balaban J connectivity index is 1.41. The van der Waals surface area contributed by atoms with Crippen molar-refractivity contribution in [3.05, 3.63) is 52.7 Å². The molecule has 3 aromatic heterocycles. The molecule has 0 fully saturated rings. The van der Waals surface area contributed by atoms with Crippen LogP contribution in [0.15, 0.2) is 51.4 Å². The number of amides is 1. The monoisotopic (exact) mass is 475 g/mol. The number of thiophene rings is 1. The predicted molar refractivity (Wildman–Crippen MR) is 118 cm³/mol.